The average Bonchev–Trinajstić information content (AvgIpc) is 3.29. The van der Waals surface area contributed by atoms with Crippen LogP contribution in [0.15, 0.2) is 36.5 Å². The Morgan fingerprint density at radius 2 is 2.00 bits per heavy atom. The number of nitrogens with one attached hydrogen (secondary N) is 4. The van der Waals surface area contributed by atoms with Crippen LogP contribution in [0.1, 0.15) is 42.5 Å². The second-order valence-electron chi connectivity index (χ2n) is 9.44. The van der Waals surface area contributed by atoms with Gasteiger partial charge in [-0.15, -0.1) is 0 Å². The lowest BCUT2D eigenvalue weighted by Gasteiger charge is -2.31. The van der Waals surface area contributed by atoms with Gasteiger partial charge in [-0.25, -0.2) is 9.97 Å². The first-order chi connectivity index (χ1) is 15.6. The lowest BCUT2D eigenvalue weighted by atomic mass is 9.83. The summed E-state index contributed by atoms with van der Waals surface area (Å²) in [4.78, 5) is 24.3. The molecule has 3 fully saturated rings. The molecule has 8 heteroatoms. The van der Waals surface area contributed by atoms with Crippen molar-refractivity contribution >= 4 is 11.7 Å². The third kappa shape index (κ3) is 4.92. The smallest absolute Gasteiger partial charge is 0.251 e. The maximum absolute atomic E-state index is 12.8. The molecule has 3 heterocycles. The topological polar surface area (TPSA) is 94.2 Å². The van der Waals surface area contributed by atoms with E-state index in [4.69, 9.17) is 4.98 Å². The van der Waals surface area contributed by atoms with E-state index in [9.17, 15) is 4.79 Å². The zero-order valence-electron chi connectivity index (χ0n) is 18.7. The monoisotopic (exact) mass is 435 g/mol. The molecule has 170 valence electrons. The summed E-state index contributed by atoms with van der Waals surface area (Å²) in [6.45, 7) is 3.08. The lowest BCUT2D eigenvalue weighted by molar-refractivity contribution is 0.0917. The summed E-state index contributed by atoms with van der Waals surface area (Å²) in [5, 5.41) is 6.80. The molecule has 4 N–H and O–H groups in total. The molecule has 2 aliphatic heterocycles. The van der Waals surface area contributed by atoms with E-state index in [2.05, 4.69) is 38.4 Å². The van der Waals surface area contributed by atoms with Crippen molar-refractivity contribution in [3.8, 4) is 11.4 Å². The van der Waals surface area contributed by atoms with E-state index >= 15 is 0 Å². The van der Waals surface area contributed by atoms with Crippen molar-refractivity contribution in [3.05, 3.63) is 42.1 Å². The lowest BCUT2D eigenvalue weighted by Crippen LogP contribution is -2.43. The molecule has 3 atom stereocenters. The van der Waals surface area contributed by atoms with Crippen LogP contribution in [0.4, 0.5) is 5.82 Å². The predicted molar refractivity (Wildman–Crippen MR) is 125 cm³/mol. The van der Waals surface area contributed by atoms with Crippen LogP contribution in [-0.2, 0) is 0 Å². The highest BCUT2D eigenvalue weighted by molar-refractivity contribution is 5.95. The second kappa shape index (κ2) is 9.52. The quantitative estimate of drug-likeness (QED) is 0.571. The zero-order chi connectivity index (χ0) is 21.9. The van der Waals surface area contributed by atoms with Crippen LogP contribution in [0, 0.1) is 5.92 Å². The number of hydrogen-bond donors (Lipinski definition) is 4. The highest BCUT2D eigenvalue weighted by Gasteiger charge is 2.33. The number of aromatic nitrogens is 2. The minimum Gasteiger partial charge on any atom is -0.367 e. The first-order valence-corrected chi connectivity index (χ1v) is 11.8. The van der Waals surface area contributed by atoms with Gasteiger partial charge in [0.15, 0.2) is 5.82 Å². The van der Waals surface area contributed by atoms with Gasteiger partial charge in [0.2, 0.25) is 0 Å². The summed E-state index contributed by atoms with van der Waals surface area (Å²) >= 11 is 0. The number of hydrogen-bond acceptors (Lipinski definition) is 7. The fourth-order valence-corrected chi connectivity index (χ4v) is 5.14. The Morgan fingerprint density at radius 3 is 2.88 bits per heavy atom. The van der Waals surface area contributed by atoms with Gasteiger partial charge in [-0.1, -0.05) is 12.1 Å². The van der Waals surface area contributed by atoms with Gasteiger partial charge in [0.1, 0.15) is 5.82 Å². The molecule has 3 aliphatic rings. The maximum Gasteiger partial charge on any atom is 0.251 e. The van der Waals surface area contributed by atoms with Crippen molar-refractivity contribution in [2.75, 3.05) is 32.0 Å². The fourth-order valence-electron chi connectivity index (χ4n) is 5.14. The van der Waals surface area contributed by atoms with Crippen LogP contribution in [0.25, 0.3) is 11.4 Å². The molecule has 1 aromatic heterocycles. The summed E-state index contributed by atoms with van der Waals surface area (Å²) in [6.07, 6.45) is 7.21. The molecular formula is C24H33N7O. The highest BCUT2D eigenvalue weighted by Crippen LogP contribution is 2.28. The Hall–Kier alpha value is -2.55. The zero-order valence-corrected chi connectivity index (χ0v) is 18.7. The number of amides is 1. The third-order valence-corrected chi connectivity index (χ3v) is 7.08. The average molecular weight is 436 g/mol. The number of anilines is 1. The van der Waals surface area contributed by atoms with Gasteiger partial charge in [-0.3, -0.25) is 15.6 Å². The number of nitrogens with zero attached hydrogens (tertiary/aromatic N) is 3. The van der Waals surface area contributed by atoms with Gasteiger partial charge in [0.25, 0.3) is 5.91 Å². The number of carbonyl (C=O) groups is 1. The van der Waals surface area contributed by atoms with Crippen molar-refractivity contribution in [2.45, 2.75) is 50.2 Å². The number of rotatable bonds is 5. The summed E-state index contributed by atoms with van der Waals surface area (Å²) < 4.78 is 0. The van der Waals surface area contributed by atoms with Crippen LogP contribution in [0.5, 0.6) is 0 Å². The van der Waals surface area contributed by atoms with Crippen LogP contribution >= 0.6 is 0 Å². The van der Waals surface area contributed by atoms with Crippen LogP contribution in [0.3, 0.4) is 0 Å². The molecular weight excluding hydrogens is 402 g/mol. The Bertz CT molecular complexity index is 943. The van der Waals surface area contributed by atoms with Crippen LogP contribution in [-0.4, -0.2) is 65.6 Å². The van der Waals surface area contributed by atoms with Crippen molar-refractivity contribution in [2.24, 2.45) is 5.92 Å². The molecule has 5 rings (SSSR count). The minimum absolute atomic E-state index is 0.0220. The predicted octanol–water partition coefficient (Wildman–Crippen LogP) is 2.02. The second-order valence-corrected chi connectivity index (χ2v) is 9.44. The number of carbonyl (C=O) groups excluding carboxylic acids is 1. The largest absolute Gasteiger partial charge is 0.367 e. The maximum atomic E-state index is 12.8. The SMILES string of the molecule is CN1CCC(NC(=O)c2cccc(-c3nccc(NC4CCC5NNCC5C4)n3)c2)CC1. The first kappa shape index (κ1) is 21.3. The number of piperidine rings is 1. The molecule has 3 unspecified atom stereocenters. The van der Waals surface area contributed by atoms with Crippen molar-refractivity contribution in [1.29, 1.82) is 0 Å². The molecule has 32 heavy (non-hydrogen) atoms. The molecule has 1 amide bonds. The molecule has 0 radical (unpaired) electrons. The van der Waals surface area contributed by atoms with Gasteiger partial charge in [0, 0.05) is 42.0 Å². The molecule has 2 saturated heterocycles. The van der Waals surface area contributed by atoms with Gasteiger partial charge in [0.05, 0.1) is 0 Å². The molecule has 1 aromatic carbocycles. The van der Waals surface area contributed by atoms with Gasteiger partial charge in [-0.2, -0.15) is 0 Å². The van der Waals surface area contributed by atoms with E-state index < -0.39 is 0 Å². The molecule has 2 aromatic rings. The summed E-state index contributed by atoms with van der Waals surface area (Å²) in [5.41, 5.74) is 8.17. The summed E-state index contributed by atoms with van der Waals surface area (Å²) in [7, 11) is 2.12. The van der Waals surface area contributed by atoms with E-state index in [0.29, 0.717) is 29.4 Å². The minimum atomic E-state index is -0.0220. The number of hydrazine groups is 1. The number of fused-ring (bicyclic) bond motifs is 1. The van der Waals surface area contributed by atoms with E-state index in [1.165, 1.54) is 6.42 Å². The summed E-state index contributed by atoms with van der Waals surface area (Å²) in [6, 6.07) is 10.8. The van der Waals surface area contributed by atoms with Crippen molar-refractivity contribution < 1.29 is 4.79 Å². The molecule has 8 nitrogen and oxygen atoms in total. The number of likely N-dealkylation sites (tertiary alicyclic amines) is 1. The van der Waals surface area contributed by atoms with E-state index in [-0.39, 0.29) is 11.9 Å². The van der Waals surface area contributed by atoms with E-state index in [0.717, 1.165) is 56.7 Å². The summed E-state index contributed by atoms with van der Waals surface area (Å²) in [5.74, 6) is 2.13. The standard InChI is InChI=1S/C24H33N7O/c1-31-11-8-19(9-12-31)28-24(32)17-4-2-3-16(13-17)23-25-10-7-22(29-23)27-20-5-6-21-18(14-20)15-26-30-21/h2-4,7,10,13,18-21,26,30H,5-6,8-9,11-12,14-15H2,1H3,(H,28,32)(H,25,27,29). The van der Waals surface area contributed by atoms with Crippen molar-refractivity contribution in [3.63, 3.8) is 0 Å². The Labute approximate surface area is 189 Å². The highest BCUT2D eigenvalue weighted by atomic mass is 16.1. The Kier molecular flexibility index (Phi) is 6.34. The Balaban J connectivity index is 1.24. The van der Waals surface area contributed by atoms with Crippen LogP contribution in [0.2, 0.25) is 0 Å². The third-order valence-electron chi connectivity index (χ3n) is 7.08. The van der Waals surface area contributed by atoms with Gasteiger partial charge < -0.3 is 15.5 Å². The first-order valence-electron chi connectivity index (χ1n) is 11.8. The fraction of sp³-hybridized carbons (Fsp3) is 0.542. The molecule has 1 aliphatic carbocycles. The van der Waals surface area contributed by atoms with E-state index in [1.54, 1.807) is 6.20 Å². The van der Waals surface area contributed by atoms with E-state index in [1.807, 2.05) is 30.3 Å². The number of benzene rings is 1. The van der Waals surface area contributed by atoms with Crippen LogP contribution < -0.4 is 21.5 Å². The Morgan fingerprint density at radius 1 is 1.12 bits per heavy atom. The molecule has 1 saturated carbocycles. The van der Waals surface area contributed by atoms with Gasteiger partial charge in [-0.05, 0) is 76.4 Å². The van der Waals surface area contributed by atoms with Crippen molar-refractivity contribution in [1.82, 2.24) is 31.0 Å². The molecule has 0 spiro atoms. The normalized spacial score (nSPS) is 26.5. The molecule has 0 bridgehead atoms. The van der Waals surface area contributed by atoms with Gasteiger partial charge >= 0.3 is 0 Å².